The van der Waals surface area contributed by atoms with Gasteiger partial charge in [0.2, 0.25) is 0 Å². The maximum absolute atomic E-state index is 12.3. The van der Waals surface area contributed by atoms with Gasteiger partial charge >= 0.3 is 6.09 Å². The summed E-state index contributed by atoms with van der Waals surface area (Å²) in [7, 11) is 1.81. The van der Waals surface area contributed by atoms with E-state index in [9.17, 15) is 4.79 Å². The molecule has 0 radical (unpaired) electrons. The third-order valence-electron chi connectivity index (χ3n) is 11.6. The Balaban J connectivity index is 1.49. The second kappa shape index (κ2) is 9.18. The molecule has 0 spiro atoms. The van der Waals surface area contributed by atoms with Crippen LogP contribution in [0, 0.1) is 34.5 Å². The van der Waals surface area contributed by atoms with E-state index < -0.39 is 8.32 Å². The van der Waals surface area contributed by atoms with Crippen LogP contribution in [-0.4, -0.2) is 45.6 Å². The Bertz CT molecular complexity index is 845. The van der Waals surface area contributed by atoms with E-state index in [1.54, 1.807) is 24.6 Å². The van der Waals surface area contributed by atoms with Gasteiger partial charge in [0.25, 0.3) is 0 Å². The van der Waals surface area contributed by atoms with Crippen molar-refractivity contribution in [1.29, 1.82) is 0 Å². The number of fused-ring (bicyclic) bond motifs is 5. The lowest BCUT2D eigenvalue weighted by Gasteiger charge is -2.58. The van der Waals surface area contributed by atoms with Gasteiger partial charge in [0.05, 0.1) is 0 Å². The van der Waals surface area contributed by atoms with Crippen LogP contribution in [0.2, 0.25) is 18.1 Å². The van der Waals surface area contributed by atoms with Crippen LogP contribution in [0.25, 0.3) is 0 Å². The van der Waals surface area contributed by atoms with Crippen molar-refractivity contribution >= 4 is 14.4 Å². The van der Waals surface area contributed by atoms with E-state index in [2.05, 4.69) is 60.7 Å². The average Bonchev–Trinajstić information content (AvgIpc) is 3.10. The number of amides is 1. The molecule has 4 rings (SSSR count). The van der Waals surface area contributed by atoms with E-state index >= 15 is 0 Å². The van der Waals surface area contributed by atoms with Crippen LogP contribution < -0.4 is 0 Å². The summed E-state index contributed by atoms with van der Waals surface area (Å²) < 4.78 is 12.8. The molecule has 0 aliphatic heterocycles. The minimum atomic E-state index is -1.74. The van der Waals surface area contributed by atoms with Crippen molar-refractivity contribution in [2.24, 2.45) is 34.5 Å². The molecule has 0 aromatic rings. The van der Waals surface area contributed by atoms with Gasteiger partial charge in [-0.15, -0.1) is 0 Å². The molecule has 35 heavy (non-hydrogen) atoms. The zero-order valence-electron chi connectivity index (χ0n) is 24.4. The number of hydrogen-bond donors (Lipinski definition) is 0. The molecule has 0 heterocycles. The highest BCUT2D eigenvalue weighted by atomic mass is 28.4. The first kappa shape index (κ1) is 27.2. The van der Waals surface area contributed by atoms with Crippen molar-refractivity contribution in [3.8, 4) is 0 Å². The average molecular weight is 504 g/mol. The smallest absolute Gasteiger partial charge is 0.409 e. The quantitative estimate of drug-likeness (QED) is 0.288. The fraction of sp³-hybridized carbons (Fsp3) is 0.900. The molecule has 3 saturated carbocycles. The summed E-state index contributed by atoms with van der Waals surface area (Å²) in [6.07, 6.45) is 12.8. The van der Waals surface area contributed by atoms with Gasteiger partial charge < -0.3 is 14.1 Å². The van der Waals surface area contributed by atoms with Crippen molar-refractivity contribution in [1.82, 2.24) is 4.90 Å². The van der Waals surface area contributed by atoms with Crippen molar-refractivity contribution in [2.75, 3.05) is 14.1 Å². The highest BCUT2D eigenvalue weighted by Gasteiger charge is 2.60. The van der Waals surface area contributed by atoms with Crippen molar-refractivity contribution in [3.63, 3.8) is 0 Å². The first-order valence-corrected chi connectivity index (χ1v) is 17.3. The van der Waals surface area contributed by atoms with Gasteiger partial charge in [0.1, 0.15) is 6.10 Å². The number of carbonyl (C=O) groups excluding carboxylic acids is 1. The Hall–Kier alpha value is -0.813. The molecular formula is C30H53NO3Si. The first-order chi connectivity index (χ1) is 16.1. The summed E-state index contributed by atoms with van der Waals surface area (Å²) in [5.41, 5.74) is 2.34. The largest absolute Gasteiger partial charge is 0.446 e. The van der Waals surface area contributed by atoms with Crippen LogP contribution in [0.4, 0.5) is 4.79 Å². The Labute approximate surface area is 216 Å². The molecule has 0 aromatic carbocycles. The van der Waals surface area contributed by atoms with Gasteiger partial charge in [-0.3, -0.25) is 0 Å². The van der Waals surface area contributed by atoms with Crippen LogP contribution in [0.1, 0.15) is 92.9 Å². The summed E-state index contributed by atoms with van der Waals surface area (Å²) in [5.74, 6) is 2.81. The minimum Gasteiger partial charge on any atom is -0.446 e. The van der Waals surface area contributed by atoms with Gasteiger partial charge in [-0.1, -0.05) is 46.3 Å². The second-order valence-corrected chi connectivity index (χ2v) is 19.5. The van der Waals surface area contributed by atoms with Crippen LogP contribution in [0.3, 0.4) is 0 Å². The third-order valence-corrected chi connectivity index (χ3v) is 16.2. The minimum absolute atomic E-state index is 0.00958. The lowest BCUT2D eigenvalue weighted by atomic mass is 9.47. The van der Waals surface area contributed by atoms with Gasteiger partial charge in [0.15, 0.2) is 8.32 Å². The highest BCUT2D eigenvalue weighted by Crippen LogP contribution is 2.67. The number of nitrogens with zero attached hydrogens (tertiary/aromatic N) is 1. The second-order valence-electron chi connectivity index (χ2n) is 14.7. The summed E-state index contributed by atoms with van der Waals surface area (Å²) in [5, 5.41) is 0.268. The Morgan fingerprint density at radius 2 is 1.77 bits per heavy atom. The van der Waals surface area contributed by atoms with E-state index in [1.807, 2.05) is 0 Å². The fourth-order valence-electron chi connectivity index (χ4n) is 8.48. The molecule has 4 nitrogen and oxygen atoms in total. The Morgan fingerprint density at radius 3 is 2.40 bits per heavy atom. The Morgan fingerprint density at radius 1 is 1.09 bits per heavy atom. The maximum atomic E-state index is 12.3. The first-order valence-electron chi connectivity index (χ1n) is 14.4. The highest BCUT2D eigenvalue weighted by molar-refractivity contribution is 6.74. The molecular weight excluding hydrogens is 450 g/mol. The molecule has 5 heteroatoms. The van der Waals surface area contributed by atoms with Crippen LogP contribution in [0.5, 0.6) is 0 Å². The van der Waals surface area contributed by atoms with E-state index in [4.69, 9.17) is 9.16 Å². The molecule has 0 N–H and O–H groups in total. The SMILES string of the molecule is C[C@H](OC(=O)N(C)C)[C@H]1CC[C@H]2[C@@H]3CC=C4CC(O[Si](C)(C)C(C)(C)C)CC[C@]4(C)[C@H]3CC[C@]12C. The molecule has 200 valence electrons. The maximum Gasteiger partial charge on any atom is 0.409 e. The predicted molar refractivity (Wildman–Crippen MR) is 147 cm³/mol. The van der Waals surface area contributed by atoms with Crippen molar-refractivity contribution < 1.29 is 14.0 Å². The summed E-state index contributed by atoms with van der Waals surface area (Å²) in [4.78, 5) is 13.8. The molecule has 0 bridgehead atoms. The van der Waals surface area contributed by atoms with Gasteiger partial charge in [-0.05, 0) is 105 Å². The zero-order chi connectivity index (χ0) is 26.0. The molecule has 0 saturated heterocycles. The van der Waals surface area contributed by atoms with Crippen molar-refractivity contribution in [2.45, 2.75) is 123 Å². The van der Waals surface area contributed by atoms with Gasteiger partial charge in [-0.2, -0.15) is 0 Å². The molecule has 3 fully saturated rings. The Kier molecular flexibility index (Phi) is 7.14. The van der Waals surface area contributed by atoms with Crippen LogP contribution >= 0.6 is 0 Å². The molecule has 0 aromatic heterocycles. The van der Waals surface area contributed by atoms with E-state index in [1.165, 1.54) is 44.9 Å². The van der Waals surface area contributed by atoms with E-state index in [-0.39, 0.29) is 22.7 Å². The number of ether oxygens (including phenoxy) is 1. The lowest BCUT2D eigenvalue weighted by Crippen LogP contribution is -2.52. The zero-order valence-corrected chi connectivity index (χ0v) is 25.4. The number of allylic oxidation sites excluding steroid dienone is 1. The van der Waals surface area contributed by atoms with Crippen LogP contribution in [-0.2, 0) is 9.16 Å². The molecule has 4 aliphatic rings. The fourth-order valence-corrected chi connectivity index (χ4v) is 9.87. The normalized spacial score (nSPS) is 40.2. The molecule has 1 unspecified atom stereocenters. The third kappa shape index (κ3) is 4.66. The van der Waals surface area contributed by atoms with E-state index in [0.29, 0.717) is 17.4 Å². The molecule has 4 aliphatic carbocycles. The topological polar surface area (TPSA) is 38.8 Å². The summed E-state index contributed by atoms with van der Waals surface area (Å²) in [6, 6.07) is 0. The van der Waals surface area contributed by atoms with Crippen molar-refractivity contribution in [3.05, 3.63) is 11.6 Å². The molecule has 1 amide bonds. The summed E-state index contributed by atoms with van der Waals surface area (Å²) >= 11 is 0. The molecule has 8 atom stereocenters. The monoisotopic (exact) mass is 503 g/mol. The summed E-state index contributed by atoms with van der Waals surface area (Å²) in [6.45, 7) is 19.1. The van der Waals surface area contributed by atoms with E-state index in [0.717, 1.165) is 24.2 Å². The lowest BCUT2D eigenvalue weighted by molar-refractivity contribution is -0.0703. The van der Waals surface area contributed by atoms with Gasteiger partial charge in [-0.25, -0.2) is 4.79 Å². The standard InChI is InChI=1S/C30H53NO3Si/c1-20(33-27(32)31(7)8)24-13-14-25-23-12-11-21-19-22(34-35(9,10)28(2,3)4)15-17-29(21,5)26(23)16-18-30(24,25)6/h11,20,22-26H,12-19H2,1-10H3/t20-,22?,23-,24+,25-,26-,29-,30+/m0/s1. The predicted octanol–water partition coefficient (Wildman–Crippen LogP) is 8.04. The number of rotatable bonds is 4. The number of carbonyl (C=O) groups is 1. The van der Waals surface area contributed by atoms with Gasteiger partial charge in [0, 0.05) is 26.1 Å². The number of hydrogen-bond acceptors (Lipinski definition) is 3. The van der Waals surface area contributed by atoms with Crippen LogP contribution in [0.15, 0.2) is 11.6 Å².